The highest BCUT2D eigenvalue weighted by Crippen LogP contribution is 2.24. The molecule has 0 amide bonds. The van der Waals surface area contributed by atoms with Gasteiger partial charge >= 0.3 is 0 Å². The lowest BCUT2D eigenvalue weighted by atomic mass is 10.2. The number of benzene rings is 2. The van der Waals surface area contributed by atoms with Gasteiger partial charge in [0.15, 0.2) is 5.96 Å². The van der Waals surface area contributed by atoms with Gasteiger partial charge in [0, 0.05) is 24.7 Å². The highest BCUT2D eigenvalue weighted by Gasteiger charge is 2.06. The Kier molecular flexibility index (Phi) is 8.29. The summed E-state index contributed by atoms with van der Waals surface area (Å²) in [6.07, 6.45) is 0. The predicted octanol–water partition coefficient (Wildman–Crippen LogP) is 3.36. The fourth-order valence-electron chi connectivity index (χ4n) is 2.59. The summed E-state index contributed by atoms with van der Waals surface area (Å²) in [6, 6.07) is 13.8. The summed E-state index contributed by atoms with van der Waals surface area (Å²) >= 11 is 0. The van der Waals surface area contributed by atoms with E-state index in [0.29, 0.717) is 19.7 Å². The van der Waals surface area contributed by atoms with Crippen LogP contribution in [0.1, 0.15) is 25.0 Å². The van der Waals surface area contributed by atoms with Crippen LogP contribution in [0.5, 0.6) is 17.2 Å². The zero-order valence-corrected chi connectivity index (χ0v) is 16.5. The molecule has 2 aromatic rings. The molecule has 6 nitrogen and oxygen atoms in total. The fourth-order valence-corrected chi connectivity index (χ4v) is 2.59. The van der Waals surface area contributed by atoms with E-state index in [2.05, 4.69) is 15.6 Å². The molecule has 0 bridgehead atoms. The maximum absolute atomic E-state index is 5.55. The van der Waals surface area contributed by atoms with E-state index in [4.69, 9.17) is 14.2 Å². The average molecular weight is 371 g/mol. The molecule has 0 atom stereocenters. The number of ether oxygens (including phenoxy) is 3. The summed E-state index contributed by atoms with van der Waals surface area (Å²) in [5, 5.41) is 6.61. The second kappa shape index (κ2) is 11.0. The summed E-state index contributed by atoms with van der Waals surface area (Å²) in [5.74, 6) is 3.16. The zero-order chi connectivity index (χ0) is 19.5. The Hall–Kier alpha value is -2.89. The van der Waals surface area contributed by atoms with Crippen molar-refractivity contribution in [2.75, 3.05) is 27.4 Å². The van der Waals surface area contributed by atoms with Crippen LogP contribution >= 0.6 is 0 Å². The van der Waals surface area contributed by atoms with E-state index in [0.717, 1.165) is 40.9 Å². The van der Waals surface area contributed by atoms with Crippen LogP contribution in [0.4, 0.5) is 0 Å². The van der Waals surface area contributed by atoms with E-state index in [-0.39, 0.29) is 0 Å². The van der Waals surface area contributed by atoms with Crippen molar-refractivity contribution >= 4 is 5.96 Å². The first kappa shape index (κ1) is 20.4. The lowest BCUT2D eigenvalue weighted by molar-refractivity contribution is 0.340. The van der Waals surface area contributed by atoms with Gasteiger partial charge in [-0.3, -0.25) is 0 Å². The van der Waals surface area contributed by atoms with Gasteiger partial charge in [-0.2, -0.15) is 0 Å². The van der Waals surface area contributed by atoms with Crippen molar-refractivity contribution in [3.05, 3.63) is 53.6 Å². The van der Waals surface area contributed by atoms with Crippen LogP contribution in [0, 0.1) is 0 Å². The Morgan fingerprint density at radius 3 is 2.52 bits per heavy atom. The molecule has 0 fully saturated rings. The molecule has 0 aromatic heterocycles. The Balaban J connectivity index is 2.04. The monoisotopic (exact) mass is 371 g/mol. The van der Waals surface area contributed by atoms with Crippen molar-refractivity contribution in [1.29, 1.82) is 0 Å². The van der Waals surface area contributed by atoms with Gasteiger partial charge in [0.1, 0.15) is 17.2 Å². The molecule has 2 rings (SSSR count). The van der Waals surface area contributed by atoms with Gasteiger partial charge in [0.2, 0.25) is 0 Å². The van der Waals surface area contributed by atoms with Gasteiger partial charge in [-0.05, 0) is 43.7 Å². The second-order valence-electron chi connectivity index (χ2n) is 5.81. The number of hydrogen-bond acceptors (Lipinski definition) is 4. The average Bonchev–Trinajstić information content (AvgIpc) is 2.70. The third-order valence-corrected chi connectivity index (χ3v) is 3.91. The van der Waals surface area contributed by atoms with Gasteiger partial charge in [-0.1, -0.05) is 12.1 Å². The molecule has 6 heteroatoms. The van der Waals surface area contributed by atoms with E-state index in [1.54, 1.807) is 14.2 Å². The first-order chi connectivity index (χ1) is 13.2. The fraction of sp³-hybridized carbons (Fsp3) is 0.381. The minimum absolute atomic E-state index is 0.565. The Bertz CT molecular complexity index is 747. The molecular formula is C21H29N3O3. The Morgan fingerprint density at radius 2 is 1.81 bits per heavy atom. The molecule has 0 unspecified atom stereocenters. The third kappa shape index (κ3) is 6.40. The van der Waals surface area contributed by atoms with Gasteiger partial charge in [0.25, 0.3) is 0 Å². The van der Waals surface area contributed by atoms with Crippen LogP contribution in [0.25, 0.3) is 0 Å². The molecule has 0 heterocycles. The Labute approximate surface area is 161 Å². The Morgan fingerprint density at radius 1 is 0.963 bits per heavy atom. The number of rotatable bonds is 9. The standard InChI is InChI=1S/C21H29N3O3/c1-5-22-21(23-14-16-8-7-9-19(12-16)27-6-2)24-15-17-10-11-18(25-3)13-20(17)26-4/h7-13H,5-6,14-15H2,1-4H3,(H2,22,23,24). The van der Waals surface area contributed by atoms with Crippen LogP contribution in [0.3, 0.4) is 0 Å². The van der Waals surface area contributed by atoms with E-state index in [1.165, 1.54) is 0 Å². The van der Waals surface area contributed by atoms with E-state index in [1.807, 2.05) is 56.3 Å². The third-order valence-electron chi connectivity index (χ3n) is 3.91. The lowest BCUT2D eigenvalue weighted by Gasteiger charge is -2.14. The summed E-state index contributed by atoms with van der Waals surface area (Å²) in [7, 11) is 3.30. The van der Waals surface area contributed by atoms with Crippen LogP contribution in [0.2, 0.25) is 0 Å². The summed E-state index contributed by atoms with van der Waals surface area (Å²) in [6.45, 7) is 6.62. The maximum Gasteiger partial charge on any atom is 0.191 e. The normalized spacial score (nSPS) is 11.0. The first-order valence-electron chi connectivity index (χ1n) is 9.15. The van der Waals surface area contributed by atoms with Crippen molar-refractivity contribution in [1.82, 2.24) is 10.6 Å². The topological polar surface area (TPSA) is 64.1 Å². The predicted molar refractivity (Wildman–Crippen MR) is 109 cm³/mol. The van der Waals surface area contributed by atoms with E-state index < -0.39 is 0 Å². The quantitative estimate of drug-likeness (QED) is 0.523. The minimum Gasteiger partial charge on any atom is -0.497 e. The maximum atomic E-state index is 5.55. The summed E-state index contributed by atoms with van der Waals surface area (Å²) < 4.78 is 16.2. The van der Waals surface area contributed by atoms with Crippen molar-refractivity contribution in [2.24, 2.45) is 4.99 Å². The van der Waals surface area contributed by atoms with Crippen LogP contribution in [-0.2, 0) is 13.1 Å². The summed E-state index contributed by atoms with van der Waals surface area (Å²) in [5.41, 5.74) is 2.13. The number of guanidine groups is 1. The molecule has 0 saturated carbocycles. The van der Waals surface area contributed by atoms with Crippen molar-refractivity contribution in [3.8, 4) is 17.2 Å². The van der Waals surface area contributed by atoms with Gasteiger partial charge in [0.05, 0.1) is 27.4 Å². The molecule has 27 heavy (non-hydrogen) atoms. The molecule has 2 N–H and O–H groups in total. The van der Waals surface area contributed by atoms with Crippen LogP contribution in [0.15, 0.2) is 47.5 Å². The van der Waals surface area contributed by atoms with Crippen molar-refractivity contribution in [3.63, 3.8) is 0 Å². The molecule has 0 aliphatic heterocycles. The van der Waals surface area contributed by atoms with Gasteiger partial charge < -0.3 is 24.8 Å². The molecule has 0 saturated heterocycles. The van der Waals surface area contributed by atoms with E-state index >= 15 is 0 Å². The summed E-state index contributed by atoms with van der Waals surface area (Å²) in [4.78, 5) is 4.66. The molecule has 0 aliphatic carbocycles. The number of nitrogens with zero attached hydrogens (tertiary/aromatic N) is 1. The molecule has 146 valence electrons. The molecule has 0 radical (unpaired) electrons. The largest absolute Gasteiger partial charge is 0.497 e. The minimum atomic E-state index is 0.565. The highest BCUT2D eigenvalue weighted by atomic mass is 16.5. The molecule has 2 aromatic carbocycles. The first-order valence-corrected chi connectivity index (χ1v) is 9.15. The van der Waals surface area contributed by atoms with Crippen LogP contribution in [-0.4, -0.2) is 33.3 Å². The lowest BCUT2D eigenvalue weighted by Crippen LogP contribution is -2.36. The molecular weight excluding hydrogens is 342 g/mol. The number of hydrogen-bond donors (Lipinski definition) is 2. The molecule has 0 spiro atoms. The van der Waals surface area contributed by atoms with Gasteiger partial charge in [-0.15, -0.1) is 0 Å². The van der Waals surface area contributed by atoms with Crippen molar-refractivity contribution < 1.29 is 14.2 Å². The zero-order valence-electron chi connectivity index (χ0n) is 16.5. The SMILES string of the molecule is CCNC(=NCc1cccc(OCC)c1)NCc1ccc(OC)cc1OC. The van der Waals surface area contributed by atoms with Gasteiger partial charge in [-0.25, -0.2) is 4.99 Å². The smallest absolute Gasteiger partial charge is 0.191 e. The number of aliphatic imine (C=N–C) groups is 1. The number of methoxy groups -OCH3 is 2. The number of nitrogens with one attached hydrogen (secondary N) is 2. The van der Waals surface area contributed by atoms with Crippen LogP contribution < -0.4 is 24.8 Å². The van der Waals surface area contributed by atoms with E-state index in [9.17, 15) is 0 Å². The molecule has 0 aliphatic rings. The van der Waals surface area contributed by atoms with Crippen molar-refractivity contribution in [2.45, 2.75) is 26.9 Å². The highest BCUT2D eigenvalue weighted by molar-refractivity contribution is 5.79. The second-order valence-corrected chi connectivity index (χ2v) is 5.81.